The highest BCUT2D eigenvalue weighted by atomic mass is 16.7. The van der Waals surface area contributed by atoms with Crippen LogP contribution in [0.15, 0.2) is 36.5 Å². The van der Waals surface area contributed by atoms with Crippen molar-refractivity contribution in [2.24, 2.45) is 0 Å². The highest BCUT2D eigenvalue weighted by molar-refractivity contribution is 5.80. The van der Waals surface area contributed by atoms with Crippen LogP contribution in [0.3, 0.4) is 0 Å². The van der Waals surface area contributed by atoms with E-state index in [-0.39, 0.29) is 12.8 Å². The number of aliphatic hydroxyl groups excluding tert-OH is 7. The van der Waals surface area contributed by atoms with Gasteiger partial charge in [0.25, 0.3) is 0 Å². The van der Waals surface area contributed by atoms with Gasteiger partial charge in [-0.05, 0) is 77.0 Å². The van der Waals surface area contributed by atoms with Crippen LogP contribution < -0.4 is 5.32 Å². The minimum absolute atomic E-state index is 0.244. The van der Waals surface area contributed by atoms with Crippen molar-refractivity contribution in [2.45, 2.75) is 287 Å². The molecule has 65 heavy (non-hydrogen) atoms. The molecular weight excluding hydrogens is 823 g/mol. The molecule has 1 fully saturated rings. The summed E-state index contributed by atoms with van der Waals surface area (Å²) in [6.07, 6.45) is 40.5. The van der Waals surface area contributed by atoms with Crippen LogP contribution in [0, 0.1) is 0 Å². The number of rotatable bonds is 45. The van der Waals surface area contributed by atoms with Crippen molar-refractivity contribution in [3.05, 3.63) is 36.5 Å². The summed E-state index contributed by atoms with van der Waals surface area (Å²) in [6, 6.07) is -1.19. The minimum atomic E-state index is -1.67. The second-order valence-corrected chi connectivity index (χ2v) is 18.9. The summed E-state index contributed by atoms with van der Waals surface area (Å²) in [7, 11) is 0. The molecular formula is C54H101NO10. The molecule has 0 bridgehead atoms. The van der Waals surface area contributed by atoms with Crippen molar-refractivity contribution in [1.29, 1.82) is 0 Å². The van der Waals surface area contributed by atoms with Gasteiger partial charge in [0.2, 0.25) is 5.91 Å². The number of carbonyl (C=O) groups excluding carboxylic acids is 1. The summed E-state index contributed by atoms with van der Waals surface area (Å²) >= 11 is 0. The monoisotopic (exact) mass is 924 g/mol. The van der Waals surface area contributed by atoms with Crippen molar-refractivity contribution in [3.8, 4) is 0 Å². The van der Waals surface area contributed by atoms with Crippen molar-refractivity contribution in [1.82, 2.24) is 5.32 Å². The summed E-state index contributed by atoms with van der Waals surface area (Å²) in [5, 5.41) is 75.9. The van der Waals surface area contributed by atoms with Gasteiger partial charge in [0, 0.05) is 0 Å². The molecule has 9 unspecified atom stereocenters. The Hall–Kier alpha value is -1.67. The molecule has 0 spiro atoms. The number of hydrogen-bond donors (Lipinski definition) is 8. The molecule has 382 valence electrons. The van der Waals surface area contributed by atoms with Gasteiger partial charge < -0.3 is 50.5 Å². The Kier molecular flexibility index (Phi) is 41.1. The lowest BCUT2D eigenvalue weighted by Crippen LogP contribution is -2.60. The number of carbonyl (C=O) groups is 1. The number of hydrogen-bond acceptors (Lipinski definition) is 10. The van der Waals surface area contributed by atoms with Crippen molar-refractivity contribution < 1.29 is 50.0 Å². The molecule has 0 aliphatic carbocycles. The van der Waals surface area contributed by atoms with Gasteiger partial charge in [-0.25, -0.2) is 0 Å². The molecule has 0 aromatic rings. The molecule has 1 amide bonds. The maximum Gasteiger partial charge on any atom is 0.249 e. The van der Waals surface area contributed by atoms with E-state index >= 15 is 0 Å². The fourth-order valence-corrected chi connectivity index (χ4v) is 8.45. The number of ether oxygens (including phenoxy) is 2. The van der Waals surface area contributed by atoms with Crippen LogP contribution in [0.25, 0.3) is 0 Å². The maximum atomic E-state index is 13.1. The summed E-state index contributed by atoms with van der Waals surface area (Å²) in [5.74, 6) is -0.715. The van der Waals surface area contributed by atoms with E-state index < -0.39 is 74.2 Å². The maximum absolute atomic E-state index is 13.1. The normalized spacial score (nSPS) is 21.2. The van der Waals surface area contributed by atoms with E-state index in [2.05, 4.69) is 55.6 Å². The lowest BCUT2D eigenvalue weighted by molar-refractivity contribution is -0.303. The highest BCUT2D eigenvalue weighted by Crippen LogP contribution is 2.23. The lowest BCUT2D eigenvalue weighted by atomic mass is 9.98. The smallest absolute Gasteiger partial charge is 0.249 e. The summed E-state index contributed by atoms with van der Waals surface area (Å²) in [6.45, 7) is 3.43. The fourth-order valence-electron chi connectivity index (χ4n) is 8.45. The third-order valence-corrected chi connectivity index (χ3v) is 12.9. The molecule has 1 saturated heterocycles. The zero-order valence-electron chi connectivity index (χ0n) is 41.5. The average Bonchev–Trinajstić information content (AvgIpc) is 3.31. The Morgan fingerprint density at radius 3 is 1.37 bits per heavy atom. The standard InChI is InChI=1S/C54H101NO10/c1-3-5-7-9-11-13-15-17-19-21-22-23-24-25-26-28-29-31-33-35-37-39-41-46(57)49(59)45(44-64-54-52(62)51(61)50(60)48(43-56)65-54)55-53(63)47(58)42-40-38-36-34-32-30-27-20-18-16-14-12-10-8-6-4-2/h18,20,26,28,33,35,45-52,54,56-62H,3-17,19,21-25,27,29-32,34,36-44H2,1-2H3,(H,55,63)/b20-18-,28-26+,35-33+. The topological polar surface area (TPSA) is 189 Å². The summed E-state index contributed by atoms with van der Waals surface area (Å²) < 4.78 is 11.1. The minimum Gasteiger partial charge on any atom is -0.394 e. The number of amides is 1. The van der Waals surface area contributed by atoms with Gasteiger partial charge >= 0.3 is 0 Å². The van der Waals surface area contributed by atoms with Gasteiger partial charge in [-0.3, -0.25) is 4.79 Å². The first-order valence-electron chi connectivity index (χ1n) is 26.9. The molecule has 0 saturated carbocycles. The van der Waals surface area contributed by atoms with Crippen LogP contribution in [0.1, 0.15) is 232 Å². The van der Waals surface area contributed by atoms with Crippen molar-refractivity contribution in [2.75, 3.05) is 13.2 Å². The second kappa shape index (κ2) is 43.6. The Morgan fingerprint density at radius 2 is 0.923 bits per heavy atom. The molecule has 1 aliphatic heterocycles. The molecule has 9 atom stereocenters. The molecule has 0 radical (unpaired) electrons. The van der Waals surface area contributed by atoms with Crippen LogP contribution in [0.4, 0.5) is 0 Å². The van der Waals surface area contributed by atoms with E-state index in [1.165, 1.54) is 128 Å². The molecule has 8 N–H and O–H groups in total. The van der Waals surface area contributed by atoms with E-state index in [0.29, 0.717) is 19.3 Å². The van der Waals surface area contributed by atoms with Crippen LogP contribution in [0.5, 0.6) is 0 Å². The van der Waals surface area contributed by atoms with E-state index in [1.807, 2.05) is 0 Å². The first-order chi connectivity index (χ1) is 31.7. The SMILES string of the molecule is CCCCCCCC/C=C\CCCCCCCCC(O)C(=O)NC(COC1OC(CO)C(O)C(O)C1O)C(O)C(O)CCC/C=C/CC/C=C/CCCCCCCCCCCCCCC. The predicted molar refractivity (Wildman–Crippen MR) is 265 cm³/mol. The largest absolute Gasteiger partial charge is 0.394 e. The van der Waals surface area contributed by atoms with E-state index in [9.17, 15) is 40.5 Å². The van der Waals surface area contributed by atoms with E-state index in [0.717, 1.165) is 57.8 Å². The third kappa shape index (κ3) is 32.7. The zero-order valence-corrected chi connectivity index (χ0v) is 41.5. The van der Waals surface area contributed by atoms with Crippen LogP contribution >= 0.6 is 0 Å². The predicted octanol–water partition coefficient (Wildman–Crippen LogP) is 10.3. The number of nitrogens with one attached hydrogen (secondary N) is 1. The zero-order chi connectivity index (χ0) is 47.6. The fraction of sp³-hybridized carbons (Fsp3) is 0.870. The Morgan fingerprint density at radius 1 is 0.523 bits per heavy atom. The molecule has 11 heteroatoms. The van der Waals surface area contributed by atoms with Gasteiger partial charge in [0.1, 0.15) is 36.6 Å². The molecule has 0 aromatic heterocycles. The molecule has 1 heterocycles. The molecule has 11 nitrogen and oxygen atoms in total. The molecule has 1 rings (SSSR count). The highest BCUT2D eigenvalue weighted by Gasteiger charge is 2.44. The number of allylic oxidation sites excluding steroid dienone is 6. The second-order valence-electron chi connectivity index (χ2n) is 18.9. The van der Waals surface area contributed by atoms with Crippen LogP contribution in [-0.4, -0.2) is 110 Å². The number of unbranched alkanes of at least 4 members (excludes halogenated alkanes) is 27. The van der Waals surface area contributed by atoms with E-state index in [1.54, 1.807) is 0 Å². The Labute approximate surface area is 397 Å². The molecule has 0 aromatic carbocycles. The quantitative estimate of drug-likeness (QED) is 0.0216. The van der Waals surface area contributed by atoms with Crippen LogP contribution in [-0.2, 0) is 14.3 Å². The first kappa shape index (κ1) is 61.3. The van der Waals surface area contributed by atoms with Gasteiger partial charge in [0.15, 0.2) is 6.29 Å². The van der Waals surface area contributed by atoms with Crippen molar-refractivity contribution >= 4 is 5.91 Å². The molecule has 1 aliphatic rings. The number of aliphatic hydroxyl groups is 7. The summed E-state index contributed by atoms with van der Waals surface area (Å²) in [5.41, 5.74) is 0. The average molecular weight is 924 g/mol. The van der Waals surface area contributed by atoms with Gasteiger partial charge in [-0.15, -0.1) is 0 Å². The Bertz CT molecular complexity index is 1150. The van der Waals surface area contributed by atoms with E-state index in [4.69, 9.17) is 9.47 Å². The summed E-state index contributed by atoms with van der Waals surface area (Å²) in [4.78, 5) is 13.1. The van der Waals surface area contributed by atoms with Crippen molar-refractivity contribution in [3.63, 3.8) is 0 Å². The lowest BCUT2D eigenvalue weighted by Gasteiger charge is -2.40. The third-order valence-electron chi connectivity index (χ3n) is 12.9. The Balaban J connectivity index is 2.40. The van der Waals surface area contributed by atoms with Gasteiger partial charge in [-0.1, -0.05) is 192 Å². The first-order valence-corrected chi connectivity index (χ1v) is 26.9. The van der Waals surface area contributed by atoms with Gasteiger partial charge in [0.05, 0.1) is 25.4 Å². The van der Waals surface area contributed by atoms with Crippen LogP contribution in [0.2, 0.25) is 0 Å². The van der Waals surface area contributed by atoms with Gasteiger partial charge in [-0.2, -0.15) is 0 Å².